The average molecular weight is 414 g/mol. The molecule has 0 spiro atoms. The zero-order valence-electron chi connectivity index (χ0n) is 16.4. The summed E-state index contributed by atoms with van der Waals surface area (Å²) in [7, 11) is 0. The van der Waals surface area contributed by atoms with Crippen molar-refractivity contribution >= 4 is 12.0 Å². The Morgan fingerprint density at radius 2 is 1.79 bits per heavy atom. The SMILES string of the molecule is CC1(C)CN(C(=O)N2CC(C(=O)O)CC(c3ccc(C(F)(F)F)cc3)C2)CCO1. The van der Waals surface area contributed by atoms with Gasteiger partial charge in [-0.1, -0.05) is 12.1 Å². The van der Waals surface area contributed by atoms with E-state index in [0.717, 1.165) is 12.1 Å². The lowest BCUT2D eigenvalue weighted by atomic mass is 9.84. The Labute approximate surface area is 167 Å². The molecule has 2 saturated heterocycles. The molecule has 0 bridgehead atoms. The summed E-state index contributed by atoms with van der Waals surface area (Å²) in [6.45, 7) is 5.33. The van der Waals surface area contributed by atoms with E-state index >= 15 is 0 Å². The monoisotopic (exact) mass is 414 g/mol. The van der Waals surface area contributed by atoms with E-state index in [1.54, 1.807) is 4.90 Å². The number of morpholine rings is 1. The molecule has 0 saturated carbocycles. The van der Waals surface area contributed by atoms with Crippen molar-refractivity contribution in [2.75, 3.05) is 32.8 Å². The van der Waals surface area contributed by atoms with Gasteiger partial charge < -0.3 is 19.6 Å². The van der Waals surface area contributed by atoms with Gasteiger partial charge in [-0.3, -0.25) is 4.79 Å². The third-order valence-electron chi connectivity index (χ3n) is 5.48. The minimum absolute atomic E-state index is 0.0864. The molecule has 2 atom stereocenters. The van der Waals surface area contributed by atoms with Crippen LogP contribution in [0.15, 0.2) is 24.3 Å². The maximum absolute atomic E-state index is 13.0. The number of benzene rings is 1. The minimum Gasteiger partial charge on any atom is -0.481 e. The number of carboxylic acid groups (broad SMARTS) is 1. The smallest absolute Gasteiger partial charge is 0.416 e. The molecule has 0 aromatic heterocycles. The molecule has 2 unspecified atom stereocenters. The summed E-state index contributed by atoms with van der Waals surface area (Å²) in [6, 6.07) is 4.48. The summed E-state index contributed by atoms with van der Waals surface area (Å²) in [5, 5.41) is 9.53. The Kier molecular flexibility index (Phi) is 5.80. The van der Waals surface area contributed by atoms with E-state index in [4.69, 9.17) is 4.74 Å². The number of rotatable bonds is 2. The number of carbonyl (C=O) groups excluding carboxylic acids is 1. The van der Waals surface area contributed by atoms with Gasteiger partial charge >= 0.3 is 18.2 Å². The highest BCUT2D eigenvalue weighted by molar-refractivity contribution is 5.77. The van der Waals surface area contributed by atoms with Gasteiger partial charge in [0.2, 0.25) is 0 Å². The molecule has 1 aromatic carbocycles. The molecule has 3 rings (SSSR count). The van der Waals surface area contributed by atoms with Crippen LogP contribution in [-0.4, -0.2) is 65.3 Å². The summed E-state index contributed by atoms with van der Waals surface area (Å²) in [4.78, 5) is 27.8. The zero-order chi connectivity index (χ0) is 21.4. The van der Waals surface area contributed by atoms with E-state index < -0.39 is 29.2 Å². The van der Waals surface area contributed by atoms with E-state index in [1.165, 1.54) is 17.0 Å². The number of ether oxygens (including phenoxy) is 1. The molecule has 2 aliphatic rings. The van der Waals surface area contributed by atoms with Gasteiger partial charge in [0.15, 0.2) is 0 Å². The minimum atomic E-state index is -4.43. The lowest BCUT2D eigenvalue weighted by molar-refractivity contribution is -0.143. The van der Waals surface area contributed by atoms with Crippen molar-refractivity contribution < 1.29 is 32.6 Å². The Hall–Kier alpha value is -2.29. The average Bonchev–Trinajstić information content (AvgIpc) is 2.65. The zero-order valence-corrected chi connectivity index (χ0v) is 16.4. The Bertz CT molecular complexity index is 764. The van der Waals surface area contributed by atoms with E-state index in [9.17, 15) is 27.9 Å². The molecule has 0 radical (unpaired) electrons. The van der Waals surface area contributed by atoms with Crippen LogP contribution in [0.4, 0.5) is 18.0 Å². The largest absolute Gasteiger partial charge is 0.481 e. The van der Waals surface area contributed by atoms with Crippen LogP contribution in [0.25, 0.3) is 0 Å². The maximum Gasteiger partial charge on any atom is 0.416 e. The van der Waals surface area contributed by atoms with Crippen molar-refractivity contribution in [1.82, 2.24) is 9.80 Å². The molecule has 2 aliphatic heterocycles. The standard InChI is InChI=1S/C20H25F3N2O4/c1-19(2)12-24(7-8-29-19)18(28)25-10-14(9-15(11-25)17(26)27)13-3-5-16(6-4-13)20(21,22)23/h3-6,14-15H,7-12H2,1-2H3,(H,26,27). The van der Waals surface area contributed by atoms with Crippen molar-refractivity contribution in [2.24, 2.45) is 5.92 Å². The van der Waals surface area contributed by atoms with Gasteiger partial charge in [-0.2, -0.15) is 13.2 Å². The number of piperidine rings is 1. The Balaban J connectivity index is 1.79. The predicted octanol–water partition coefficient (Wildman–Crippen LogP) is 3.43. The fourth-order valence-corrected chi connectivity index (χ4v) is 4.00. The molecule has 9 heteroatoms. The van der Waals surface area contributed by atoms with Crippen LogP contribution in [-0.2, 0) is 15.7 Å². The second-order valence-electron chi connectivity index (χ2n) is 8.30. The molecule has 1 aromatic rings. The van der Waals surface area contributed by atoms with Crippen LogP contribution in [0.1, 0.15) is 37.3 Å². The highest BCUT2D eigenvalue weighted by Crippen LogP contribution is 2.34. The first-order chi connectivity index (χ1) is 13.5. The molecule has 160 valence electrons. The maximum atomic E-state index is 13.0. The number of nitrogens with zero attached hydrogens (tertiary/aromatic N) is 2. The number of carbonyl (C=O) groups is 2. The summed E-state index contributed by atoms with van der Waals surface area (Å²) >= 11 is 0. The molecule has 2 heterocycles. The van der Waals surface area contributed by atoms with Crippen LogP contribution in [0.3, 0.4) is 0 Å². The van der Waals surface area contributed by atoms with Crippen LogP contribution in [0, 0.1) is 5.92 Å². The molecule has 6 nitrogen and oxygen atoms in total. The first-order valence-electron chi connectivity index (χ1n) is 9.54. The van der Waals surface area contributed by atoms with Gasteiger partial charge in [0.1, 0.15) is 0 Å². The molecular weight excluding hydrogens is 389 g/mol. The number of carboxylic acids is 1. The van der Waals surface area contributed by atoms with Gasteiger partial charge in [0.25, 0.3) is 0 Å². The fourth-order valence-electron chi connectivity index (χ4n) is 4.00. The van der Waals surface area contributed by atoms with E-state index in [0.29, 0.717) is 25.3 Å². The van der Waals surface area contributed by atoms with Crippen molar-refractivity contribution in [3.63, 3.8) is 0 Å². The van der Waals surface area contributed by atoms with E-state index in [-0.39, 0.29) is 31.5 Å². The van der Waals surface area contributed by atoms with Gasteiger partial charge in [-0.25, -0.2) is 4.79 Å². The first-order valence-corrected chi connectivity index (χ1v) is 9.54. The van der Waals surface area contributed by atoms with Crippen molar-refractivity contribution in [3.8, 4) is 0 Å². The Morgan fingerprint density at radius 3 is 2.34 bits per heavy atom. The number of likely N-dealkylation sites (tertiary alicyclic amines) is 1. The quantitative estimate of drug-likeness (QED) is 0.805. The summed E-state index contributed by atoms with van der Waals surface area (Å²) in [5.41, 5.74) is -0.637. The lowest BCUT2D eigenvalue weighted by Gasteiger charge is -2.43. The Morgan fingerprint density at radius 1 is 1.14 bits per heavy atom. The summed E-state index contributed by atoms with van der Waals surface area (Å²) in [5.74, 6) is -2.12. The molecule has 29 heavy (non-hydrogen) atoms. The van der Waals surface area contributed by atoms with Crippen LogP contribution in [0.5, 0.6) is 0 Å². The third-order valence-corrected chi connectivity index (χ3v) is 5.48. The van der Waals surface area contributed by atoms with E-state index in [1.807, 2.05) is 13.8 Å². The van der Waals surface area contributed by atoms with Crippen LogP contribution in [0.2, 0.25) is 0 Å². The van der Waals surface area contributed by atoms with Crippen LogP contribution < -0.4 is 0 Å². The second kappa shape index (κ2) is 7.85. The van der Waals surface area contributed by atoms with Crippen molar-refractivity contribution in [1.29, 1.82) is 0 Å². The molecule has 2 amide bonds. The molecule has 2 fully saturated rings. The highest BCUT2D eigenvalue weighted by atomic mass is 19.4. The molecular formula is C20H25F3N2O4. The number of aliphatic carboxylic acids is 1. The fraction of sp³-hybridized carbons (Fsp3) is 0.600. The number of hydrogen-bond donors (Lipinski definition) is 1. The van der Waals surface area contributed by atoms with Gasteiger partial charge in [0.05, 0.1) is 30.2 Å². The first kappa shape index (κ1) is 21.4. The topological polar surface area (TPSA) is 70.1 Å². The van der Waals surface area contributed by atoms with E-state index in [2.05, 4.69) is 0 Å². The summed E-state index contributed by atoms with van der Waals surface area (Å²) < 4.78 is 44.1. The van der Waals surface area contributed by atoms with Crippen molar-refractivity contribution in [3.05, 3.63) is 35.4 Å². The van der Waals surface area contributed by atoms with Crippen molar-refractivity contribution in [2.45, 2.75) is 38.0 Å². The number of alkyl halides is 3. The second-order valence-corrected chi connectivity index (χ2v) is 8.30. The highest BCUT2D eigenvalue weighted by Gasteiger charge is 2.39. The third kappa shape index (κ3) is 5.01. The number of halogens is 3. The lowest BCUT2D eigenvalue weighted by Crippen LogP contribution is -2.57. The number of hydrogen-bond acceptors (Lipinski definition) is 3. The molecule has 1 N–H and O–H groups in total. The van der Waals surface area contributed by atoms with Gasteiger partial charge in [-0.05, 0) is 38.0 Å². The van der Waals surface area contributed by atoms with Gasteiger partial charge in [0, 0.05) is 25.6 Å². The normalized spacial score (nSPS) is 25.0. The predicted molar refractivity (Wildman–Crippen MR) is 98.5 cm³/mol. The number of amides is 2. The molecule has 0 aliphatic carbocycles. The number of urea groups is 1. The summed E-state index contributed by atoms with van der Waals surface area (Å²) in [6.07, 6.45) is -4.15. The van der Waals surface area contributed by atoms with Gasteiger partial charge in [-0.15, -0.1) is 0 Å². The van der Waals surface area contributed by atoms with Crippen LogP contribution >= 0.6 is 0 Å².